The van der Waals surface area contributed by atoms with Gasteiger partial charge in [-0.15, -0.1) is 0 Å². The number of aliphatic hydroxyl groups is 1. The maximum atomic E-state index is 12.6. The van der Waals surface area contributed by atoms with Gasteiger partial charge in [0.15, 0.2) is 0 Å². The summed E-state index contributed by atoms with van der Waals surface area (Å²) in [7, 11) is 1.59. The Bertz CT molecular complexity index is 965. The van der Waals surface area contributed by atoms with E-state index < -0.39 is 6.10 Å². The first kappa shape index (κ1) is 25.8. The summed E-state index contributed by atoms with van der Waals surface area (Å²) in [5.74, 6) is 1.22. The minimum atomic E-state index is -0.489. The van der Waals surface area contributed by atoms with E-state index in [0.29, 0.717) is 24.5 Å². The minimum absolute atomic E-state index is 0.0141. The van der Waals surface area contributed by atoms with Crippen molar-refractivity contribution in [1.29, 1.82) is 0 Å². The van der Waals surface area contributed by atoms with Crippen LogP contribution < -0.4 is 4.74 Å². The molecular formula is C28H37NO5. The molecule has 0 bridgehead atoms. The van der Waals surface area contributed by atoms with E-state index in [1.165, 1.54) is 31.7 Å². The number of amides is 1. The molecule has 6 heteroatoms. The first-order valence-corrected chi connectivity index (χ1v) is 12.2. The molecule has 1 aliphatic carbocycles. The zero-order valence-electron chi connectivity index (χ0n) is 20.8. The molecule has 2 fully saturated rings. The van der Waals surface area contributed by atoms with Crippen molar-refractivity contribution in [2.75, 3.05) is 13.7 Å². The van der Waals surface area contributed by atoms with Gasteiger partial charge in [0, 0.05) is 19.0 Å². The molecule has 2 aromatic rings. The highest BCUT2D eigenvalue weighted by Crippen LogP contribution is 2.36. The molecule has 4 rings (SSSR count). The lowest BCUT2D eigenvalue weighted by atomic mass is 9.80. The standard InChI is InChI=1S/C15H21NO3.C13H16O2/c1-10-6-7-12(19-3)9-13(10)15(18)16-8-4-5-14(16)11(2)17;1-10(14)15-9-11-5-7-13(8-6-11)12-3-2-4-12/h6-7,9,11,14,17H,4-5,8H2,1-3H3;5-8,12H,2-4,9H2,1H3. The summed E-state index contributed by atoms with van der Waals surface area (Å²) < 4.78 is 10.1. The van der Waals surface area contributed by atoms with Gasteiger partial charge in [-0.2, -0.15) is 0 Å². The summed E-state index contributed by atoms with van der Waals surface area (Å²) in [5, 5.41) is 9.77. The number of ether oxygens (including phenoxy) is 2. The Morgan fingerprint density at radius 1 is 1.09 bits per heavy atom. The van der Waals surface area contributed by atoms with E-state index in [9.17, 15) is 14.7 Å². The van der Waals surface area contributed by atoms with Crippen LogP contribution in [-0.4, -0.2) is 47.7 Å². The van der Waals surface area contributed by atoms with Gasteiger partial charge in [0.25, 0.3) is 5.91 Å². The fraction of sp³-hybridized carbons (Fsp3) is 0.500. The number of hydrogen-bond donors (Lipinski definition) is 1. The largest absolute Gasteiger partial charge is 0.497 e. The second-order valence-electron chi connectivity index (χ2n) is 9.28. The molecule has 0 aromatic heterocycles. The molecule has 1 aliphatic heterocycles. The number of likely N-dealkylation sites (tertiary alicyclic amines) is 1. The number of rotatable bonds is 6. The minimum Gasteiger partial charge on any atom is -0.497 e. The lowest BCUT2D eigenvalue weighted by Gasteiger charge is -2.27. The highest BCUT2D eigenvalue weighted by molar-refractivity contribution is 5.96. The van der Waals surface area contributed by atoms with E-state index in [4.69, 9.17) is 9.47 Å². The second kappa shape index (κ2) is 12.0. The molecule has 1 saturated heterocycles. The Morgan fingerprint density at radius 3 is 2.35 bits per heavy atom. The Balaban J connectivity index is 0.000000196. The molecule has 0 radical (unpaired) electrons. The summed E-state index contributed by atoms with van der Waals surface area (Å²) in [6, 6.07) is 13.9. The van der Waals surface area contributed by atoms with Crippen LogP contribution in [0.25, 0.3) is 0 Å². The van der Waals surface area contributed by atoms with Crippen molar-refractivity contribution in [3.05, 3.63) is 64.7 Å². The normalized spacial score (nSPS) is 18.4. The highest BCUT2D eigenvalue weighted by Gasteiger charge is 2.33. The summed E-state index contributed by atoms with van der Waals surface area (Å²) in [5.41, 5.74) is 4.08. The molecule has 2 aromatic carbocycles. The lowest BCUT2D eigenvalue weighted by molar-refractivity contribution is -0.142. The second-order valence-corrected chi connectivity index (χ2v) is 9.28. The van der Waals surface area contributed by atoms with E-state index in [2.05, 4.69) is 24.3 Å². The van der Waals surface area contributed by atoms with Gasteiger partial charge >= 0.3 is 5.97 Å². The fourth-order valence-corrected chi connectivity index (χ4v) is 4.47. The summed E-state index contributed by atoms with van der Waals surface area (Å²) in [6.07, 6.45) is 5.33. The Kier molecular flexibility index (Phi) is 9.11. The van der Waals surface area contributed by atoms with Crippen LogP contribution in [0, 0.1) is 6.92 Å². The third-order valence-electron chi connectivity index (χ3n) is 6.79. The molecular weight excluding hydrogens is 430 g/mol. The number of nitrogens with zero attached hydrogens (tertiary/aromatic N) is 1. The number of carbonyl (C=O) groups excluding carboxylic acids is 2. The number of aliphatic hydroxyl groups excluding tert-OH is 1. The molecule has 2 aliphatic rings. The topological polar surface area (TPSA) is 76.1 Å². The van der Waals surface area contributed by atoms with Crippen LogP contribution in [0.1, 0.15) is 78.9 Å². The van der Waals surface area contributed by atoms with Gasteiger partial charge in [0.05, 0.1) is 19.3 Å². The molecule has 1 saturated carbocycles. The molecule has 1 amide bonds. The molecule has 34 heavy (non-hydrogen) atoms. The van der Waals surface area contributed by atoms with Gasteiger partial charge in [-0.25, -0.2) is 0 Å². The number of benzene rings is 2. The Hall–Kier alpha value is -2.86. The molecule has 2 atom stereocenters. The van der Waals surface area contributed by atoms with Crippen LogP contribution in [-0.2, 0) is 16.1 Å². The van der Waals surface area contributed by atoms with E-state index in [1.54, 1.807) is 25.0 Å². The van der Waals surface area contributed by atoms with Crippen LogP contribution in [0.15, 0.2) is 42.5 Å². The van der Waals surface area contributed by atoms with Crippen LogP contribution >= 0.6 is 0 Å². The smallest absolute Gasteiger partial charge is 0.302 e. The molecule has 2 unspecified atom stereocenters. The van der Waals surface area contributed by atoms with Crippen molar-refractivity contribution >= 4 is 11.9 Å². The molecule has 1 N–H and O–H groups in total. The lowest BCUT2D eigenvalue weighted by Crippen LogP contribution is -2.41. The van der Waals surface area contributed by atoms with Crippen LogP contribution in [0.5, 0.6) is 5.75 Å². The van der Waals surface area contributed by atoms with Crippen molar-refractivity contribution in [3.63, 3.8) is 0 Å². The van der Waals surface area contributed by atoms with Crippen LogP contribution in [0.4, 0.5) is 0 Å². The average Bonchev–Trinajstić information content (AvgIpc) is 3.28. The third kappa shape index (κ3) is 6.60. The predicted octanol–water partition coefficient (Wildman–Crippen LogP) is 5.01. The number of carbonyl (C=O) groups is 2. The van der Waals surface area contributed by atoms with Gasteiger partial charge in [-0.3, -0.25) is 9.59 Å². The zero-order valence-corrected chi connectivity index (χ0v) is 20.8. The summed E-state index contributed by atoms with van der Waals surface area (Å²) >= 11 is 0. The zero-order chi connectivity index (χ0) is 24.7. The molecule has 184 valence electrons. The molecule has 6 nitrogen and oxygen atoms in total. The van der Waals surface area contributed by atoms with Crippen molar-refractivity contribution in [1.82, 2.24) is 4.90 Å². The van der Waals surface area contributed by atoms with Crippen LogP contribution in [0.3, 0.4) is 0 Å². The SMILES string of the molecule is CC(=O)OCc1ccc(C2CCC2)cc1.COc1ccc(C)c(C(=O)N2CCCC2C(C)O)c1. The Morgan fingerprint density at radius 2 is 1.79 bits per heavy atom. The maximum Gasteiger partial charge on any atom is 0.302 e. The molecule has 1 heterocycles. The van der Waals surface area contributed by atoms with Gasteiger partial charge < -0.3 is 19.5 Å². The quantitative estimate of drug-likeness (QED) is 0.605. The number of esters is 1. The monoisotopic (exact) mass is 467 g/mol. The fourth-order valence-electron chi connectivity index (χ4n) is 4.47. The van der Waals surface area contributed by atoms with Crippen molar-refractivity contribution < 1.29 is 24.2 Å². The third-order valence-corrected chi connectivity index (χ3v) is 6.79. The number of hydrogen-bond acceptors (Lipinski definition) is 5. The summed E-state index contributed by atoms with van der Waals surface area (Å²) in [6.45, 7) is 6.20. The average molecular weight is 468 g/mol. The first-order chi connectivity index (χ1) is 16.3. The van der Waals surface area contributed by atoms with Gasteiger partial charge in [0.2, 0.25) is 0 Å². The van der Waals surface area contributed by atoms with Crippen molar-refractivity contribution in [2.45, 2.75) is 77.5 Å². The van der Waals surface area contributed by atoms with E-state index >= 15 is 0 Å². The maximum absolute atomic E-state index is 12.6. The van der Waals surface area contributed by atoms with Gasteiger partial charge in [0.1, 0.15) is 12.4 Å². The predicted molar refractivity (Wildman–Crippen MR) is 132 cm³/mol. The molecule has 0 spiro atoms. The van der Waals surface area contributed by atoms with Gasteiger partial charge in [-0.1, -0.05) is 36.8 Å². The van der Waals surface area contributed by atoms with Crippen molar-refractivity contribution in [2.24, 2.45) is 0 Å². The Labute approximate surface area is 202 Å². The van der Waals surface area contributed by atoms with E-state index in [0.717, 1.165) is 29.9 Å². The van der Waals surface area contributed by atoms with Gasteiger partial charge in [-0.05, 0) is 74.3 Å². The number of aryl methyl sites for hydroxylation is 1. The van der Waals surface area contributed by atoms with E-state index in [-0.39, 0.29) is 17.9 Å². The summed E-state index contributed by atoms with van der Waals surface area (Å²) in [4.78, 5) is 25.0. The first-order valence-electron chi connectivity index (χ1n) is 12.2. The van der Waals surface area contributed by atoms with Crippen LogP contribution in [0.2, 0.25) is 0 Å². The van der Waals surface area contributed by atoms with Crippen molar-refractivity contribution in [3.8, 4) is 5.75 Å². The number of methoxy groups -OCH3 is 1. The highest BCUT2D eigenvalue weighted by atomic mass is 16.5. The van der Waals surface area contributed by atoms with E-state index in [1.807, 2.05) is 19.1 Å².